The molecule has 31 heavy (non-hydrogen) atoms. The van der Waals surface area contributed by atoms with Gasteiger partial charge >= 0.3 is 5.97 Å². The zero-order valence-corrected chi connectivity index (χ0v) is 16.9. The number of hydrogen-bond acceptors (Lipinski definition) is 2. The van der Waals surface area contributed by atoms with Crippen molar-refractivity contribution < 1.29 is 19.1 Å². The second kappa shape index (κ2) is 8.44. The van der Waals surface area contributed by atoms with E-state index < -0.39 is 24.2 Å². The highest BCUT2D eigenvalue weighted by Gasteiger charge is 2.25. The number of carbonyl (C=O) groups is 2. The van der Waals surface area contributed by atoms with Crippen LogP contribution in [0, 0.1) is 12.7 Å². The molecular formula is C25H21FN2O3. The summed E-state index contributed by atoms with van der Waals surface area (Å²) in [5.41, 5.74) is 4.42. The van der Waals surface area contributed by atoms with Crippen LogP contribution in [0.4, 0.5) is 4.39 Å². The van der Waals surface area contributed by atoms with E-state index in [9.17, 15) is 19.1 Å². The van der Waals surface area contributed by atoms with Gasteiger partial charge in [-0.25, -0.2) is 4.39 Å². The van der Waals surface area contributed by atoms with Crippen LogP contribution < -0.4 is 0 Å². The maximum Gasteiger partial charge on any atom is 0.323 e. The highest BCUT2D eigenvalue weighted by atomic mass is 19.1. The first-order valence-electron chi connectivity index (χ1n) is 9.85. The Balaban J connectivity index is 1.82. The Labute approximate surface area is 178 Å². The maximum absolute atomic E-state index is 13.6. The number of nitrogens with one attached hydrogen (secondary N) is 1. The number of aliphatic carboxylic acids is 1. The fourth-order valence-electron chi connectivity index (χ4n) is 3.70. The highest BCUT2D eigenvalue weighted by molar-refractivity contribution is 6.10. The molecule has 4 rings (SSSR count). The Kier molecular flexibility index (Phi) is 5.54. The predicted molar refractivity (Wildman–Crippen MR) is 117 cm³/mol. The van der Waals surface area contributed by atoms with Crippen LogP contribution in [0.25, 0.3) is 22.0 Å². The normalized spacial score (nSPS) is 10.9. The fourth-order valence-corrected chi connectivity index (χ4v) is 3.70. The van der Waals surface area contributed by atoms with Gasteiger partial charge in [0.2, 0.25) is 0 Å². The number of carbonyl (C=O) groups excluding carboxylic acids is 1. The number of amides is 1. The van der Waals surface area contributed by atoms with Crippen molar-refractivity contribution in [1.29, 1.82) is 0 Å². The van der Waals surface area contributed by atoms with Crippen molar-refractivity contribution in [3.05, 3.63) is 95.4 Å². The molecule has 0 aliphatic heterocycles. The molecule has 6 heteroatoms. The average Bonchev–Trinajstić information content (AvgIpc) is 3.13. The molecule has 1 aromatic heterocycles. The Hall–Kier alpha value is -3.93. The molecule has 1 heterocycles. The van der Waals surface area contributed by atoms with Gasteiger partial charge in [-0.1, -0.05) is 54.1 Å². The molecule has 3 aromatic carbocycles. The van der Waals surface area contributed by atoms with Crippen molar-refractivity contribution in [2.24, 2.45) is 0 Å². The third kappa shape index (κ3) is 4.33. The zero-order chi connectivity index (χ0) is 22.0. The van der Waals surface area contributed by atoms with Gasteiger partial charge in [0, 0.05) is 23.0 Å². The third-order valence-electron chi connectivity index (χ3n) is 5.13. The standard InChI is InChI=1S/C25H21FN2O3/c1-16-7-12-21-20(13-16)23(18-5-3-2-4-6-18)24(27-21)25(31)28(15-22(29)30)14-17-8-10-19(26)11-9-17/h2-13,27H,14-15H2,1H3,(H,29,30). The van der Waals surface area contributed by atoms with Gasteiger partial charge < -0.3 is 15.0 Å². The Morgan fingerprint density at radius 1 is 1.00 bits per heavy atom. The molecule has 0 fully saturated rings. The van der Waals surface area contributed by atoms with Crippen molar-refractivity contribution in [1.82, 2.24) is 9.88 Å². The number of carboxylic acids is 1. The lowest BCUT2D eigenvalue weighted by molar-refractivity contribution is -0.137. The number of aromatic nitrogens is 1. The summed E-state index contributed by atoms with van der Waals surface area (Å²) in [5.74, 6) is -1.94. The van der Waals surface area contributed by atoms with Gasteiger partial charge in [0.25, 0.3) is 5.91 Å². The number of fused-ring (bicyclic) bond motifs is 1. The number of nitrogens with zero attached hydrogens (tertiary/aromatic N) is 1. The first-order valence-corrected chi connectivity index (χ1v) is 9.85. The minimum Gasteiger partial charge on any atom is -0.480 e. The van der Waals surface area contributed by atoms with Gasteiger partial charge in [0.15, 0.2) is 0 Å². The Morgan fingerprint density at radius 3 is 2.39 bits per heavy atom. The van der Waals surface area contributed by atoms with E-state index in [0.29, 0.717) is 11.3 Å². The smallest absolute Gasteiger partial charge is 0.323 e. The molecule has 0 saturated carbocycles. The highest BCUT2D eigenvalue weighted by Crippen LogP contribution is 2.34. The van der Waals surface area contributed by atoms with Gasteiger partial charge in [-0.2, -0.15) is 0 Å². The van der Waals surface area contributed by atoms with Crippen molar-refractivity contribution in [2.75, 3.05) is 6.54 Å². The van der Waals surface area contributed by atoms with Gasteiger partial charge in [0.1, 0.15) is 18.1 Å². The van der Waals surface area contributed by atoms with Gasteiger partial charge in [-0.15, -0.1) is 0 Å². The van der Waals surface area contributed by atoms with Crippen LogP contribution in [0.3, 0.4) is 0 Å². The lowest BCUT2D eigenvalue weighted by Crippen LogP contribution is -2.35. The van der Waals surface area contributed by atoms with Gasteiger partial charge in [-0.3, -0.25) is 9.59 Å². The molecule has 5 nitrogen and oxygen atoms in total. The summed E-state index contributed by atoms with van der Waals surface area (Å²) in [6, 6.07) is 21.1. The summed E-state index contributed by atoms with van der Waals surface area (Å²) in [5, 5.41) is 10.3. The third-order valence-corrected chi connectivity index (χ3v) is 5.13. The van der Waals surface area contributed by atoms with E-state index in [1.807, 2.05) is 55.5 Å². The molecule has 0 unspecified atom stereocenters. The van der Waals surface area contributed by atoms with E-state index in [0.717, 1.165) is 27.6 Å². The quantitative estimate of drug-likeness (QED) is 0.464. The zero-order valence-electron chi connectivity index (χ0n) is 16.9. The number of carboxylic acid groups (broad SMARTS) is 1. The summed E-state index contributed by atoms with van der Waals surface area (Å²) in [7, 11) is 0. The topological polar surface area (TPSA) is 73.4 Å². The second-order valence-electron chi connectivity index (χ2n) is 7.47. The maximum atomic E-state index is 13.6. The SMILES string of the molecule is Cc1ccc2[nH]c(C(=O)N(CC(=O)O)Cc3ccc(F)cc3)c(-c3ccccc3)c2c1. The average molecular weight is 416 g/mol. The number of benzene rings is 3. The van der Waals surface area contributed by atoms with Crippen molar-refractivity contribution >= 4 is 22.8 Å². The lowest BCUT2D eigenvalue weighted by Gasteiger charge is -2.21. The molecule has 4 aromatic rings. The molecule has 1 amide bonds. The van der Waals surface area contributed by atoms with Crippen LogP contribution in [0.1, 0.15) is 21.6 Å². The monoisotopic (exact) mass is 416 g/mol. The molecule has 0 spiro atoms. The number of aromatic amines is 1. The number of halogens is 1. The summed E-state index contributed by atoms with van der Waals surface area (Å²) in [6.07, 6.45) is 0. The van der Waals surface area contributed by atoms with E-state index in [-0.39, 0.29) is 6.54 Å². The summed E-state index contributed by atoms with van der Waals surface area (Å²) in [6.45, 7) is 1.56. The van der Waals surface area contributed by atoms with E-state index >= 15 is 0 Å². The van der Waals surface area contributed by atoms with Gasteiger partial charge in [-0.05, 0) is 42.3 Å². The molecule has 0 aliphatic rings. The Bertz CT molecular complexity index is 1250. The molecule has 0 bridgehead atoms. The van der Waals surface area contributed by atoms with Crippen LogP contribution in [-0.4, -0.2) is 33.4 Å². The summed E-state index contributed by atoms with van der Waals surface area (Å²) < 4.78 is 13.3. The van der Waals surface area contributed by atoms with Crippen molar-refractivity contribution in [3.63, 3.8) is 0 Å². The van der Waals surface area contributed by atoms with Crippen LogP contribution >= 0.6 is 0 Å². The van der Waals surface area contributed by atoms with Crippen LogP contribution in [0.5, 0.6) is 0 Å². The van der Waals surface area contributed by atoms with E-state index in [4.69, 9.17) is 0 Å². The summed E-state index contributed by atoms with van der Waals surface area (Å²) >= 11 is 0. The van der Waals surface area contributed by atoms with E-state index in [1.165, 1.54) is 17.0 Å². The van der Waals surface area contributed by atoms with Crippen LogP contribution in [-0.2, 0) is 11.3 Å². The van der Waals surface area contributed by atoms with Gasteiger partial charge in [0.05, 0.1) is 0 Å². The molecular weight excluding hydrogens is 395 g/mol. The second-order valence-corrected chi connectivity index (χ2v) is 7.47. The molecule has 2 N–H and O–H groups in total. The fraction of sp³-hybridized carbons (Fsp3) is 0.120. The molecule has 0 saturated heterocycles. The summed E-state index contributed by atoms with van der Waals surface area (Å²) in [4.78, 5) is 29.5. The molecule has 156 valence electrons. The van der Waals surface area contributed by atoms with E-state index in [2.05, 4.69) is 4.98 Å². The largest absolute Gasteiger partial charge is 0.480 e. The Morgan fingerprint density at radius 2 is 1.71 bits per heavy atom. The van der Waals surface area contributed by atoms with Crippen LogP contribution in [0.2, 0.25) is 0 Å². The molecule has 0 aliphatic carbocycles. The van der Waals surface area contributed by atoms with Crippen molar-refractivity contribution in [3.8, 4) is 11.1 Å². The predicted octanol–water partition coefficient (Wildman–Crippen LogP) is 5.01. The number of rotatable bonds is 6. The van der Waals surface area contributed by atoms with Crippen LogP contribution in [0.15, 0.2) is 72.8 Å². The van der Waals surface area contributed by atoms with Crippen molar-refractivity contribution in [2.45, 2.75) is 13.5 Å². The minimum atomic E-state index is -1.12. The number of H-pyrrole nitrogens is 1. The molecule has 0 radical (unpaired) electrons. The number of hydrogen-bond donors (Lipinski definition) is 2. The minimum absolute atomic E-state index is 0.0496. The first-order chi connectivity index (χ1) is 14.9. The van der Waals surface area contributed by atoms with E-state index in [1.54, 1.807) is 12.1 Å². The molecule has 0 atom stereocenters. The lowest BCUT2D eigenvalue weighted by atomic mass is 10.00. The first kappa shape index (κ1) is 20.3. The number of aryl methyl sites for hydroxylation is 1.